The van der Waals surface area contributed by atoms with Crippen molar-refractivity contribution in [1.29, 1.82) is 0 Å². The number of ether oxygens (including phenoxy) is 4. The Bertz CT molecular complexity index is 916. The Kier molecular flexibility index (Phi) is 5.33. The smallest absolute Gasteiger partial charge is 0.262 e. The molecule has 0 radical (unpaired) electrons. The summed E-state index contributed by atoms with van der Waals surface area (Å²) in [6.07, 6.45) is 0.733. The van der Waals surface area contributed by atoms with Gasteiger partial charge in [-0.3, -0.25) is 4.72 Å². The van der Waals surface area contributed by atoms with Gasteiger partial charge in [-0.2, -0.15) is 0 Å². The van der Waals surface area contributed by atoms with Gasteiger partial charge in [-0.1, -0.05) is 11.6 Å². The van der Waals surface area contributed by atoms with E-state index >= 15 is 0 Å². The number of anilines is 1. The van der Waals surface area contributed by atoms with Crippen LogP contribution in [0.1, 0.15) is 6.42 Å². The molecule has 0 saturated carbocycles. The molecule has 0 spiro atoms. The highest BCUT2D eigenvalue weighted by atomic mass is 35.5. The number of nitrogens with one attached hydrogen (secondary N) is 1. The number of benzene rings is 2. The Morgan fingerprint density at radius 3 is 2.38 bits per heavy atom. The minimum absolute atomic E-state index is 0.0396. The second kappa shape index (κ2) is 7.51. The predicted octanol–water partition coefficient (Wildman–Crippen LogP) is 3.32. The standard InChI is InChI=1S/C17H18ClNO6S/c1-22-15-10-13(16(23-2)9-12(15)18)19-26(20,21)11-4-5-14-17(8-11)25-7-3-6-24-14/h4-5,8-10,19H,3,6-7H2,1-2H3. The molecule has 0 atom stereocenters. The van der Waals surface area contributed by atoms with E-state index in [1.807, 2.05) is 0 Å². The molecule has 1 aliphatic rings. The molecule has 0 amide bonds. The van der Waals surface area contributed by atoms with Crippen LogP contribution >= 0.6 is 11.6 Å². The lowest BCUT2D eigenvalue weighted by Gasteiger charge is -2.15. The Morgan fingerprint density at radius 2 is 1.69 bits per heavy atom. The van der Waals surface area contributed by atoms with Gasteiger partial charge in [-0.25, -0.2) is 8.42 Å². The van der Waals surface area contributed by atoms with Crippen molar-refractivity contribution in [2.24, 2.45) is 0 Å². The number of rotatable bonds is 5. The van der Waals surface area contributed by atoms with Gasteiger partial charge in [0.15, 0.2) is 11.5 Å². The largest absolute Gasteiger partial charge is 0.495 e. The van der Waals surface area contributed by atoms with E-state index in [1.54, 1.807) is 6.07 Å². The fourth-order valence-corrected chi connectivity index (χ4v) is 3.76. The zero-order valence-electron chi connectivity index (χ0n) is 14.2. The molecular formula is C17H18ClNO6S. The van der Waals surface area contributed by atoms with Crippen LogP contribution in [-0.2, 0) is 10.0 Å². The first-order valence-corrected chi connectivity index (χ1v) is 9.64. The van der Waals surface area contributed by atoms with E-state index in [9.17, 15) is 8.42 Å². The molecule has 0 aliphatic carbocycles. The van der Waals surface area contributed by atoms with Crippen LogP contribution in [-0.4, -0.2) is 35.9 Å². The highest BCUT2D eigenvalue weighted by Crippen LogP contribution is 2.38. The Hall–Kier alpha value is -2.32. The van der Waals surface area contributed by atoms with Crippen LogP contribution < -0.4 is 23.7 Å². The summed E-state index contributed by atoms with van der Waals surface area (Å²) in [5.41, 5.74) is 0.209. The Labute approximate surface area is 156 Å². The summed E-state index contributed by atoms with van der Waals surface area (Å²) in [6.45, 7) is 0.991. The molecular weight excluding hydrogens is 382 g/mol. The minimum atomic E-state index is -3.89. The molecule has 7 nitrogen and oxygen atoms in total. The lowest BCUT2D eigenvalue weighted by Crippen LogP contribution is -2.14. The van der Waals surface area contributed by atoms with E-state index in [4.69, 9.17) is 30.5 Å². The zero-order valence-corrected chi connectivity index (χ0v) is 15.8. The van der Waals surface area contributed by atoms with E-state index in [1.165, 1.54) is 38.5 Å². The lowest BCUT2D eigenvalue weighted by atomic mass is 10.3. The van der Waals surface area contributed by atoms with Crippen LogP contribution in [0, 0.1) is 0 Å². The molecule has 1 heterocycles. The van der Waals surface area contributed by atoms with Gasteiger partial charge in [0.2, 0.25) is 0 Å². The molecule has 1 N–H and O–H groups in total. The van der Waals surface area contributed by atoms with Crippen molar-refractivity contribution in [3.8, 4) is 23.0 Å². The number of fused-ring (bicyclic) bond motifs is 1. The topological polar surface area (TPSA) is 83.1 Å². The van der Waals surface area contributed by atoms with Crippen LogP contribution in [0.4, 0.5) is 5.69 Å². The van der Waals surface area contributed by atoms with Crippen LogP contribution in [0.15, 0.2) is 35.2 Å². The third-order valence-corrected chi connectivity index (χ3v) is 5.41. The van der Waals surface area contributed by atoms with E-state index in [2.05, 4.69) is 4.72 Å². The summed E-state index contributed by atoms with van der Waals surface area (Å²) in [7, 11) is -1.03. The van der Waals surface area contributed by atoms with Crippen molar-refractivity contribution >= 4 is 27.3 Å². The first kappa shape index (κ1) is 18.5. The SMILES string of the molecule is COc1cc(NS(=O)(=O)c2ccc3c(c2)OCCCO3)c(OC)cc1Cl. The van der Waals surface area contributed by atoms with Gasteiger partial charge in [0.05, 0.1) is 43.0 Å². The molecule has 0 fully saturated rings. The molecule has 26 heavy (non-hydrogen) atoms. The number of hydrogen-bond donors (Lipinski definition) is 1. The van der Waals surface area contributed by atoms with E-state index in [0.717, 1.165) is 6.42 Å². The third-order valence-electron chi connectivity index (χ3n) is 3.75. The van der Waals surface area contributed by atoms with Gasteiger partial charge in [0.25, 0.3) is 10.0 Å². The third kappa shape index (κ3) is 3.76. The van der Waals surface area contributed by atoms with Gasteiger partial charge < -0.3 is 18.9 Å². The fourth-order valence-electron chi connectivity index (χ4n) is 2.45. The zero-order chi connectivity index (χ0) is 18.7. The van der Waals surface area contributed by atoms with E-state index in [0.29, 0.717) is 35.5 Å². The van der Waals surface area contributed by atoms with Crippen LogP contribution in [0.3, 0.4) is 0 Å². The van der Waals surface area contributed by atoms with Crippen molar-refractivity contribution in [2.75, 3.05) is 32.2 Å². The maximum absolute atomic E-state index is 12.8. The second-order valence-electron chi connectivity index (χ2n) is 5.45. The molecule has 0 saturated heterocycles. The lowest BCUT2D eigenvalue weighted by molar-refractivity contribution is 0.297. The number of halogens is 1. The van der Waals surface area contributed by atoms with Gasteiger partial charge >= 0.3 is 0 Å². The van der Waals surface area contributed by atoms with E-state index in [-0.39, 0.29) is 16.3 Å². The van der Waals surface area contributed by atoms with Gasteiger partial charge in [0, 0.05) is 24.6 Å². The molecule has 140 valence electrons. The molecule has 9 heteroatoms. The van der Waals surface area contributed by atoms with Crippen molar-refractivity contribution in [2.45, 2.75) is 11.3 Å². The normalized spacial score (nSPS) is 13.7. The van der Waals surface area contributed by atoms with Crippen molar-refractivity contribution in [3.63, 3.8) is 0 Å². The van der Waals surface area contributed by atoms with Crippen molar-refractivity contribution in [3.05, 3.63) is 35.4 Å². The van der Waals surface area contributed by atoms with Crippen LogP contribution in [0.2, 0.25) is 5.02 Å². The van der Waals surface area contributed by atoms with Crippen molar-refractivity contribution in [1.82, 2.24) is 0 Å². The molecule has 0 aromatic heterocycles. The molecule has 0 bridgehead atoms. The first-order valence-electron chi connectivity index (χ1n) is 7.78. The predicted molar refractivity (Wildman–Crippen MR) is 97.4 cm³/mol. The molecule has 1 aliphatic heterocycles. The highest BCUT2D eigenvalue weighted by molar-refractivity contribution is 7.92. The Balaban J connectivity index is 1.96. The number of hydrogen-bond acceptors (Lipinski definition) is 6. The van der Waals surface area contributed by atoms with Crippen LogP contribution in [0.5, 0.6) is 23.0 Å². The van der Waals surface area contributed by atoms with E-state index < -0.39 is 10.0 Å². The minimum Gasteiger partial charge on any atom is -0.495 e. The summed E-state index contributed by atoms with van der Waals surface area (Å²) in [5.74, 6) is 1.51. The molecule has 3 rings (SSSR count). The second-order valence-corrected chi connectivity index (χ2v) is 7.54. The fraction of sp³-hybridized carbons (Fsp3) is 0.294. The average Bonchev–Trinajstić information content (AvgIpc) is 2.87. The monoisotopic (exact) mass is 399 g/mol. The highest BCUT2D eigenvalue weighted by Gasteiger charge is 2.21. The van der Waals surface area contributed by atoms with Gasteiger partial charge in [-0.05, 0) is 12.1 Å². The summed E-state index contributed by atoms with van der Waals surface area (Å²) in [4.78, 5) is 0.0396. The Morgan fingerprint density at radius 1 is 1.00 bits per heavy atom. The van der Waals surface area contributed by atoms with Crippen molar-refractivity contribution < 1.29 is 27.4 Å². The number of sulfonamides is 1. The average molecular weight is 400 g/mol. The summed E-state index contributed by atoms with van der Waals surface area (Å²) >= 11 is 6.05. The summed E-state index contributed by atoms with van der Waals surface area (Å²) in [6, 6.07) is 7.40. The maximum atomic E-state index is 12.8. The summed E-state index contributed by atoms with van der Waals surface area (Å²) < 4.78 is 49.5. The first-order chi connectivity index (χ1) is 12.4. The summed E-state index contributed by atoms with van der Waals surface area (Å²) in [5, 5.41) is 0.308. The van der Waals surface area contributed by atoms with Crippen LogP contribution in [0.25, 0.3) is 0 Å². The maximum Gasteiger partial charge on any atom is 0.262 e. The number of methoxy groups -OCH3 is 2. The quantitative estimate of drug-likeness (QED) is 0.830. The van der Waals surface area contributed by atoms with Gasteiger partial charge in [-0.15, -0.1) is 0 Å². The van der Waals surface area contributed by atoms with Gasteiger partial charge in [0.1, 0.15) is 11.5 Å². The molecule has 2 aromatic carbocycles. The molecule has 0 unspecified atom stereocenters. The molecule has 2 aromatic rings.